The van der Waals surface area contributed by atoms with Crippen molar-refractivity contribution in [2.24, 2.45) is 0 Å². The number of hydrogen-bond donors (Lipinski definition) is 0. The Morgan fingerprint density at radius 3 is 2.69 bits per heavy atom. The Morgan fingerprint density at radius 2 is 2.15 bits per heavy atom. The van der Waals surface area contributed by atoms with Gasteiger partial charge in [0.2, 0.25) is 0 Å². The van der Waals surface area contributed by atoms with Gasteiger partial charge in [0.25, 0.3) is 0 Å². The van der Waals surface area contributed by atoms with Gasteiger partial charge >= 0.3 is 0 Å². The third kappa shape index (κ3) is 1.78. The lowest BCUT2D eigenvalue weighted by Crippen LogP contribution is -1.85. The maximum absolute atomic E-state index is 4.36. The van der Waals surface area contributed by atoms with Crippen molar-refractivity contribution in [2.45, 2.75) is 13.3 Å². The SMILES string of the molecule is CCc1ccc(-c2ccsc2)cn1. The number of hydrogen-bond acceptors (Lipinski definition) is 2. The molecule has 0 atom stereocenters. The van der Waals surface area contributed by atoms with E-state index in [0.717, 1.165) is 12.1 Å². The van der Waals surface area contributed by atoms with Crippen LogP contribution in [0.4, 0.5) is 0 Å². The van der Waals surface area contributed by atoms with Gasteiger partial charge in [-0.15, -0.1) is 0 Å². The van der Waals surface area contributed by atoms with Gasteiger partial charge in [0.1, 0.15) is 0 Å². The highest BCUT2D eigenvalue weighted by Gasteiger charge is 1.97. The lowest BCUT2D eigenvalue weighted by Gasteiger charge is -1.98. The Hall–Kier alpha value is -1.15. The Morgan fingerprint density at radius 1 is 1.23 bits per heavy atom. The number of nitrogens with zero attached hydrogens (tertiary/aromatic N) is 1. The minimum absolute atomic E-state index is 1.00. The molecule has 2 heteroatoms. The molecule has 0 aromatic carbocycles. The van der Waals surface area contributed by atoms with E-state index in [4.69, 9.17) is 0 Å². The van der Waals surface area contributed by atoms with Gasteiger partial charge in [0.05, 0.1) is 0 Å². The van der Waals surface area contributed by atoms with E-state index < -0.39 is 0 Å². The van der Waals surface area contributed by atoms with Gasteiger partial charge in [-0.3, -0.25) is 4.98 Å². The topological polar surface area (TPSA) is 12.9 Å². The molecule has 0 amide bonds. The average molecular weight is 189 g/mol. The summed E-state index contributed by atoms with van der Waals surface area (Å²) in [7, 11) is 0. The lowest BCUT2D eigenvalue weighted by atomic mass is 10.1. The first-order valence-electron chi connectivity index (χ1n) is 4.37. The highest BCUT2D eigenvalue weighted by molar-refractivity contribution is 7.08. The van der Waals surface area contributed by atoms with Crippen molar-refractivity contribution in [3.63, 3.8) is 0 Å². The fourth-order valence-electron chi connectivity index (χ4n) is 1.23. The minimum atomic E-state index is 1.00. The van der Waals surface area contributed by atoms with E-state index in [0.29, 0.717) is 0 Å². The molecule has 0 N–H and O–H groups in total. The van der Waals surface area contributed by atoms with Crippen molar-refractivity contribution in [1.82, 2.24) is 4.98 Å². The van der Waals surface area contributed by atoms with Gasteiger partial charge < -0.3 is 0 Å². The molecule has 2 heterocycles. The van der Waals surface area contributed by atoms with Gasteiger partial charge in [-0.25, -0.2) is 0 Å². The molecule has 2 aromatic rings. The van der Waals surface area contributed by atoms with Crippen LogP contribution in [-0.2, 0) is 6.42 Å². The van der Waals surface area contributed by atoms with Crippen LogP contribution < -0.4 is 0 Å². The van der Waals surface area contributed by atoms with Crippen LogP contribution in [0.15, 0.2) is 35.2 Å². The fraction of sp³-hybridized carbons (Fsp3) is 0.182. The van der Waals surface area contributed by atoms with Gasteiger partial charge in [0.15, 0.2) is 0 Å². The van der Waals surface area contributed by atoms with E-state index in [2.05, 4.69) is 40.9 Å². The van der Waals surface area contributed by atoms with Crippen LogP contribution in [0.25, 0.3) is 11.1 Å². The van der Waals surface area contributed by atoms with E-state index in [1.165, 1.54) is 11.1 Å². The molecular weight excluding hydrogens is 178 g/mol. The maximum atomic E-state index is 4.36. The largest absolute Gasteiger partial charge is 0.261 e. The van der Waals surface area contributed by atoms with E-state index in [9.17, 15) is 0 Å². The second-order valence-electron chi connectivity index (χ2n) is 2.90. The van der Waals surface area contributed by atoms with Crippen molar-refractivity contribution in [2.75, 3.05) is 0 Å². The van der Waals surface area contributed by atoms with Gasteiger partial charge in [-0.2, -0.15) is 11.3 Å². The van der Waals surface area contributed by atoms with Crippen molar-refractivity contribution >= 4 is 11.3 Å². The number of pyridine rings is 1. The highest BCUT2D eigenvalue weighted by atomic mass is 32.1. The van der Waals surface area contributed by atoms with E-state index in [-0.39, 0.29) is 0 Å². The molecule has 0 aliphatic heterocycles. The van der Waals surface area contributed by atoms with Crippen LogP contribution >= 0.6 is 11.3 Å². The predicted octanol–water partition coefficient (Wildman–Crippen LogP) is 3.37. The van der Waals surface area contributed by atoms with Gasteiger partial charge in [-0.1, -0.05) is 13.0 Å². The Labute approximate surface area is 82.1 Å². The Kier molecular flexibility index (Phi) is 2.41. The van der Waals surface area contributed by atoms with Crippen molar-refractivity contribution in [3.05, 3.63) is 40.8 Å². The zero-order valence-electron chi connectivity index (χ0n) is 7.53. The fourth-order valence-corrected chi connectivity index (χ4v) is 1.90. The predicted molar refractivity (Wildman–Crippen MR) is 56.9 cm³/mol. The second kappa shape index (κ2) is 3.71. The highest BCUT2D eigenvalue weighted by Crippen LogP contribution is 2.20. The number of aromatic nitrogens is 1. The molecule has 1 nitrogen and oxygen atoms in total. The summed E-state index contributed by atoms with van der Waals surface area (Å²) in [6.07, 6.45) is 2.95. The third-order valence-corrected chi connectivity index (χ3v) is 2.72. The van der Waals surface area contributed by atoms with Gasteiger partial charge in [-0.05, 0) is 34.9 Å². The van der Waals surface area contributed by atoms with Crippen LogP contribution in [-0.4, -0.2) is 4.98 Å². The molecule has 0 bridgehead atoms. The quantitative estimate of drug-likeness (QED) is 0.705. The minimum Gasteiger partial charge on any atom is -0.261 e. The summed E-state index contributed by atoms with van der Waals surface area (Å²) in [4.78, 5) is 4.36. The van der Waals surface area contributed by atoms with E-state index in [1.807, 2.05) is 6.20 Å². The van der Waals surface area contributed by atoms with Crippen LogP contribution in [0, 0.1) is 0 Å². The summed E-state index contributed by atoms with van der Waals surface area (Å²) in [5, 5.41) is 4.23. The summed E-state index contributed by atoms with van der Waals surface area (Å²) in [5.41, 5.74) is 3.62. The third-order valence-electron chi connectivity index (χ3n) is 2.04. The van der Waals surface area contributed by atoms with Crippen LogP contribution in [0.2, 0.25) is 0 Å². The first-order valence-corrected chi connectivity index (χ1v) is 5.32. The first kappa shape index (κ1) is 8.45. The molecule has 66 valence electrons. The Balaban J connectivity index is 2.33. The molecule has 0 spiro atoms. The standard InChI is InChI=1S/C11H11NS/c1-2-11-4-3-9(7-12-11)10-5-6-13-8-10/h3-8H,2H2,1H3. The second-order valence-corrected chi connectivity index (χ2v) is 3.68. The number of rotatable bonds is 2. The molecule has 13 heavy (non-hydrogen) atoms. The molecule has 2 aromatic heterocycles. The molecule has 0 aliphatic rings. The molecule has 0 radical (unpaired) electrons. The number of thiophene rings is 1. The summed E-state index contributed by atoms with van der Waals surface area (Å²) in [5.74, 6) is 0. The summed E-state index contributed by atoms with van der Waals surface area (Å²) >= 11 is 1.72. The van der Waals surface area contributed by atoms with E-state index >= 15 is 0 Å². The zero-order valence-corrected chi connectivity index (χ0v) is 8.34. The molecule has 0 aliphatic carbocycles. The van der Waals surface area contributed by atoms with Crippen molar-refractivity contribution < 1.29 is 0 Å². The van der Waals surface area contributed by atoms with Crippen LogP contribution in [0.5, 0.6) is 0 Å². The maximum Gasteiger partial charge on any atom is 0.0401 e. The first-order chi connectivity index (χ1) is 6.40. The molecule has 0 unspecified atom stereocenters. The van der Waals surface area contributed by atoms with Crippen molar-refractivity contribution in [3.8, 4) is 11.1 Å². The molecule has 0 saturated carbocycles. The van der Waals surface area contributed by atoms with Gasteiger partial charge in [0, 0.05) is 17.5 Å². The summed E-state index contributed by atoms with van der Waals surface area (Å²) in [6, 6.07) is 6.34. The van der Waals surface area contributed by atoms with Crippen LogP contribution in [0.1, 0.15) is 12.6 Å². The summed E-state index contributed by atoms with van der Waals surface area (Å²) in [6.45, 7) is 2.12. The molecule has 0 saturated heterocycles. The Bertz CT molecular complexity index is 361. The zero-order chi connectivity index (χ0) is 9.10. The summed E-state index contributed by atoms with van der Waals surface area (Å²) < 4.78 is 0. The monoisotopic (exact) mass is 189 g/mol. The smallest absolute Gasteiger partial charge is 0.0401 e. The molecule has 2 rings (SSSR count). The lowest BCUT2D eigenvalue weighted by molar-refractivity contribution is 1.04. The van der Waals surface area contributed by atoms with E-state index in [1.54, 1.807) is 11.3 Å². The average Bonchev–Trinajstić information content (AvgIpc) is 2.71. The molecule has 0 fully saturated rings. The number of aryl methyl sites for hydroxylation is 1. The van der Waals surface area contributed by atoms with Crippen LogP contribution in [0.3, 0.4) is 0 Å². The normalized spacial score (nSPS) is 10.2. The van der Waals surface area contributed by atoms with Crippen molar-refractivity contribution in [1.29, 1.82) is 0 Å². The molecular formula is C11H11NS.